The molecule has 2 N–H and O–H groups in total. The predicted octanol–water partition coefficient (Wildman–Crippen LogP) is 6.21. The SMILES string of the molecule is Cl.O=C(Nc1cccn2c(Sc3ncc[nH]3)c(C(F)(F)F)nc12)c1c(Cl)cccc1Cl. The molecule has 0 aliphatic rings. The molecule has 31 heavy (non-hydrogen) atoms. The Morgan fingerprint density at radius 2 is 1.87 bits per heavy atom. The number of halogens is 6. The Morgan fingerprint density at radius 1 is 1.16 bits per heavy atom. The zero-order valence-electron chi connectivity index (χ0n) is 15.1. The highest BCUT2D eigenvalue weighted by Crippen LogP contribution is 2.40. The summed E-state index contributed by atoms with van der Waals surface area (Å²) in [4.78, 5) is 23.1. The van der Waals surface area contributed by atoms with E-state index in [1.165, 1.54) is 47.3 Å². The van der Waals surface area contributed by atoms with Crippen molar-refractivity contribution >= 4 is 64.6 Å². The molecule has 162 valence electrons. The van der Waals surface area contributed by atoms with Crippen LogP contribution >= 0.6 is 47.4 Å². The van der Waals surface area contributed by atoms with Crippen molar-refractivity contribution < 1.29 is 18.0 Å². The fourth-order valence-electron chi connectivity index (χ4n) is 2.72. The Balaban J connectivity index is 0.00000272. The van der Waals surface area contributed by atoms with E-state index in [1.807, 2.05) is 0 Å². The lowest BCUT2D eigenvalue weighted by Crippen LogP contribution is -2.14. The normalized spacial score (nSPS) is 11.4. The highest BCUT2D eigenvalue weighted by molar-refractivity contribution is 7.99. The summed E-state index contributed by atoms with van der Waals surface area (Å²) >= 11 is 12.9. The molecule has 0 unspecified atom stereocenters. The van der Waals surface area contributed by atoms with Gasteiger partial charge in [0.25, 0.3) is 5.91 Å². The second kappa shape index (κ2) is 8.99. The van der Waals surface area contributed by atoms with Crippen molar-refractivity contribution in [2.45, 2.75) is 16.4 Å². The van der Waals surface area contributed by atoms with Crippen LogP contribution in [0.5, 0.6) is 0 Å². The molecule has 6 nitrogen and oxygen atoms in total. The molecule has 13 heteroatoms. The molecular formula is C18H11Cl3F3N5OS. The summed E-state index contributed by atoms with van der Waals surface area (Å²) < 4.78 is 42.2. The van der Waals surface area contributed by atoms with Gasteiger partial charge in [0.1, 0.15) is 5.03 Å². The third-order valence-electron chi connectivity index (χ3n) is 3.98. The molecular weight excluding hydrogens is 498 g/mol. The molecule has 0 bridgehead atoms. The Morgan fingerprint density at radius 3 is 2.48 bits per heavy atom. The first kappa shape index (κ1) is 23.3. The number of anilines is 1. The van der Waals surface area contributed by atoms with E-state index >= 15 is 0 Å². The summed E-state index contributed by atoms with van der Waals surface area (Å²) in [5.74, 6) is -0.671. The number of aromatic nitrogens is 4. The number of aromatic amines is 1. The van der Waals surface area contributed by atoms with Crippen LogP contribution in [0.3, 0.4) is 0 Å². The zero-order chi connectivity index (χ0) is 21.5. The summed E-state index contributed by atoms with van der Waals surface area (Å²) in [6.45, 7) is 0. The molecule has 0 fully saturated rings. The Kier molecular flexibility index (Phi) is 6.75. The van der Waals surface area contributed by atoms with E-state index in [9.17, 15) is 18.0 Å². The van der Waals surface area contributed by atoms with E-state index in [0.717, 1.165) is 11.8 Å². The molecule has 1 aromatic carbocycles. The van der Waals surface area contributed by atoms with Gasteiger partial charge in [0.2, 0.25) is 0 Å². The Labute approximate surface area is 193 Å². The minimum absolute atomic E-state index is 0. The van der Waals surface area contributed by atoms with Crippen molar-refractivity contribution in [2.24, 2.45) is 0 Å². The van der Waals surface area contributed by atoms with Gasteiger partial charge in [-0.25, -0.2) is 9.97 Å². The summed E-state index contributed by atoms with van der Waals surface area (Å²) in [5, 5.41) is 2.83. The minimum atomic E-state index is -4.71. The zero-order valence-corrected chi connectivity index (χ0v) is 18.2. The summed E-state index contributed by atoms with van der Waals surface area (Å²) in [6, 6.07) is 7.47. The largest absolute Gasteiger partial charge is 0.436 e. The number of pyridine rings is 1. The van der Waals surface area contributed by atoms with Crippen molar-refractivity contribution in [3.8, 4) is 0 Å². The van der Waals surface area contributed by atoms with Crippen molar-refractivity contribution in [2.75, 3.05) is 5.32 Å². The third-order valence-corrected chi connectivity index (χ3v) is 5.61. The predicted molar refractivity (Wildman–Crippen MR) is 115 cm³/mol. The van der Waals surface area contributed by atoms with Gasteiger partial charge in [-0.15, -0.1) is 12.4 Å². The lowest BCUT2D eigenvalue weighted by atomic mass is 10.2. The molecule has 4 aromatic rings. The second-order valence-corrected chi connectivity index (χ2v) is 7.72. The summed E-state index contributed by atoms with van der Waals surface area (Å²) in [6.07, 6.45) is -0.370. The first-order chi connectivity index (χ1) is 14.3. The first-order valence-corrected chi connectivity index (χ1v) is 9.84. The van der Waals surface area contributed by atoms with Crippen LogP contribution in [0.15, 0.2) is 59.1 Å². The summed E-state index contributed by atoms with van der Waals surface area (Å²) in [7, 11) is 0. The van der Waals surface area contributed by atoms with E-state index in [4.69, 9.17) is 23.2 Å². The number of carbonyl (C=O) groups excluding carboxylic acids is 1. The number of hydrogen-bond acceptors (Lipinski definition) is 4. The molecule has 0 aliphatic carbocycles. The standard InChI is InChI=1S/C18H10Cl2F3N5OS.ClH/c19-9-3-1-4-10(20)12(9)15(29)26-11-5-2-8-28-14(11)27-13(18(21,22)23)16(28)30-17-24-6-7-25-17;/h1-8H,(H,24,25)(H,26,29);1H. The van der Waals surface area contributed by atoms with E-state index in [0.29, 0.717) is 0 Å². The molecule has 0 aliphatic heterocycles. The number of nitrogens with zero attached hydrogens (tertiary/aromatic N) is 3. The lowest BCUT2D eigenvalue weighted by molar-refractivity contribution is -0.143. The van der Waals surface area contributed by atoms with Gasteiger partial charge in [0, 0.05) is 18.6 Å². The number of hydrogen-bond donors (Lipinski definition) is 2. The number of amides is 1. The topological polar surface area (TPSA) is 75.1 Å². The average Bonchev–Trinajstić information content (AvgIpc) is 3.30. The van der Waals surface area contributed by atoms with Crippen LogP contribution < -0.4 is 5.32 Å². The second-order valence-electron chi connectivity index (χ2n) is 5.93. The first-order valence-electron chi connectivity index (χ1n) is 8.26. The molecule has 3 aromatic heterocycles. The number of H-pyrrole nitrogens is 1. The van der Waals surface area contributed by atoms with E-state index in [2.05, 4.69) is 20.3 Å². The highest BCUT2D eigenvalue weighted by atomic mass is 35.5. The number of carbonyl (C=O) groups is 1. The highest BCUT2D eigenvalue weighted by Gasteiger charge is 2.39. The average molecular weight is 509 g/mol. The molecule has 1 amide bonds. The fraction of sp³-hybridized carbons (Fsp3) is 0.0556. The summed E-state index contributed by atoms with van der Waals surface area (Å²) in [5.41, 5.74) is -1.11. The molecule has 0 radical (unpaired) electrons. The van der Waals surface area contributed by atoms with E-state index in [-0.39, 0.29) is 49.5 Å². The van der Waals surface area contributed by atoms with E-state index < -0.39 is 17.8 Å². The molecule has 4 rings (SSSR count). The van der Waals surface area contributed by atoms with Gasteiger partial charge in [-0.05, 0) is 36.0 Å². The van der Waals surface area contributed by atoms with Crippen LogP contribution in [0, 0.1) is 0 Å². The van der Waals surface area contributed by atoms with Gasteiger partial charge in [-0.1, -0.05) is 29.3 Å². The van der Waals surface area contributed by atoms with Crippen molar-refractivity contribution in [3.05, 3.63) is 70.2 Å². The van der Waals surface area contributed by atoms with Gasteiger partial charge in [-0.3, -0.25) is 9.20 Å². The van der Waals surface area contributed by atoms with Crippen LogP contribution in [0.2, 0.25) is 10.0 Å². The molecule has 0 atom stereocenters. The fourth-order valence-corrected chi connectivity index (χ4v) is 4.22. The lowest BCUT2D eigenvalue weighted by Gasteiger charge is -2.09. The molecule has 3 heterocycles. The van der Waals surface area contributed by atoms with Gasteiger partial charge in [-0.2, -0.15) is 13.2 Å². The maximum Gasteiger partial charge on any atom is 0.436 e. The van der Waals surface area contributed by atoms with Gasteiger partial charge in [0.15, 0.2) is 16.5 Å². The Bertz CT molecular complexity index is 1220. The Hall–Kier alpha value is -2.40. The number of alkyl halides is 3. The quantitative estimate of drug-likeness (QED) is 0.344. The van der Waals surface area contributed by atoms with Crippen LogP contribution in [-0.4, -0.2) is 25.3 Å². The van der Waals surface area contributed by atoms with E-state index in [1.54, 1.807) is 6.07 Å². The van der Waals surface area contributed by atoms with Crippen LogP contribution in [0.4, 0.5) is 18.9 Å². The maximum absolute atomic E-state index is 13.6. The van der Waals surface area contributed by atoms with Crippen molar-refractivity contribution in [1.82, 2.24) is 19.4 Å². The van der Waals surface area contributed by atoms with Crippen LogP contribution in [0.1, 0.15) is 16.1 Å². The van der Waals surface area contributed by atoms with Crippen LogP contribution in [-0.2, 0) is 6.18 Å². The number of rotatable bonds is 4. The monoisotopic (exact) mass is 507 g/mol. The minimum Gasteiger partial charge on any atom is -0.339 e. The van der Waals surface area contributed by atoms with Crippen LogP contribution in [0.25, 0.3) is 5.65 Å². The number of benzene rings is 1. The van der Waals surface area contributed by atoms with Gasteiger partial charge >= 0.3 is 6.18 Å². The number of nitrogens with one attached hydrogen (secondary N) is 2. The number of fused-ring (bicyclic) bond motifs is 1. The van der Waals surface area contributed by atoms with Crippen molar-refractivity contribution in [1.29, 1.82) is 0 Å². The maximum atomic E-state index is 13.6. The van der Waals surface area contributed by atoms with Gasteiger partial charge < -0.3 is 10.3 Å². The molecule has 0 spiro atoms. The smallest absolute Gasteiger partial charge is 0.339 e. The van der Waals surface area contributed by atoms with Gasteiger partial charge in [0.05, 0.1) is 21.3 Å². The molecule has 0 saturated carbocycles. The third kappa shape index (κ3) is 4.62. The molecule has 0 saturated heterocycles. The number of imidazole rings is 2. The van der Waals surface area contributed by atoms with Crippen molar-refractivity contribution in [3.63, 3.8) is 0 Å².